The van der Waals surface area contributed by atoms with Gasteiger partial charge in [-0.3, -0.25) is 4.79 Å². The molecule has 1 aromatic heterocycles. The molecule has 0 fully saturated rings. The van der Waals surface area contributed by atoms with Crippen LogP contribution in [0.3, 0.4) is 0 Å². The Morgan fingerprint density at radius 2 is 1.94 bits per heavy atom. The lowest BCUT2D eigenvalue weighted by Gasteiger charge is -2.16. The van der Waals surface area contributed by atoms with Crippen LogP contribution in [-0.2, 0) is 17.8 Å². The van der Waals surface area contributed by atoms with Crippen molar-refractivity contribution in [1.82, 2.24) is 4.90 Å². The van der Waals surface area contributed by atoms with Crippen molar-refractivity contribution < 1.29 is 4.79 Å². The Kier molecular flexibility index (Phi) is 4.53. The number of aryl methyl sites for hydroxylation is 1. The molecular weight excluding hydrogens is 242 g/mol. The molecule has 18 heavy (non-hydrogen) atoms. The van der Waals surface area contributed by atoms with Gasteiger partial charge in [-0.15, -0.1) is 11.3 Å². The molecule has 0 saturated carbocycles. The number of benzene rings is 1. The zero-order chi connectivity index (χ0) is 12.8. The summed E-state index contributed by atoms with van der Waals surface area (Å²) in [6.45, 7) is 0.714. The van der Waals surface area contributed by atoms with Crippen LogP contribution in [0, 0.1) is 0 Å². The van der Waals surface area contributed by atoms with E-state index < -0.39 is 0 Å². The topological polar surface area (TPSA) is 20.3 Å². The summed E-state index contributed by atoms with van der Waals surface area (Å²) in [6, 6.07) is 14.2. The Labute approximate surface area is 112 Å². The van der Waals surface area contributed by atoms with Gasteiger partial charge in [0.2, 0.25) is 5.91 Å². The van der Waals surface area contributed by atoms with Crippen LogP contribution < -0.4 is 0 Å². The van der Waals surface area contributed by atoms with Gasteiger partial charge in [-0.25, -0.2) is 0 Å². The SMILES string of the molecule is CN(Cc1cccs1)C(=O)CCc1ccccc1. The molecule has 0 unspecified atom stereocenters. The highest BCUT2D eigenvalue weighted by molar-refractivity contribution is 7.09. The summed E-state index contributed by atoms with van der Waals surface area (Å²) in [5, 5.41) is 2.04. The van der Waals surface area contributed by atoms with Gasteiger partial charge < -0.3 is 4.90 Å². The smallest absolute Gasteiger partial charge is 0.222 e. The average Bonchev–Trinajstić information content (AvgIpc) is 2.90. The van der Waals surface area contributed by atoms with Crippen molar-refractivity contribution in [1.29, 1.82) is 0 Å². The van der Waals surface area contributed by atoms with E-state index in [2.05, 4.69) is 18.2 Å². The molecule has 2 nitrogen and oxygen atoms in total. The summed E-state index contributed by atoms with van der Waals surface area (Å²) in [6.07, 6.45) is 1.39. The zero-order valence-corrected chi connectivity index (χ0v) is 11.3. The number of rotatable bonds is 5. The van der Waals surface area contributed by atoms with Crippen molar-refractivity contribution in [2.75, 3.05) is 7.05 Å². The third-order valence-electron chi connectivity index (χ3n) is 2.87. The summed E-state index contributed by atoms with van der Waals surface area (Å²) < 4.78 is 0. The lowest BCUT2D eigenvalue weighted by Crippen LogP contribution is -2.25. The molecule has 0 aliphatic rings. The van der Waals surface area contributed by atoms with Gasteiger partial charge in [0, 0.05) is 18.3 Å². The van der Waals surface area contributed by atoms with Crippen molar-refractivity contribution in [3.63, 3.8) is 0 Å². The first-order chi connectivity index (χ1) is 8.75. The van der Waals surface area contributed by atoms with Gasteiger partial charge >= 0.3 is 0 Å². The van der Waals surface area contributed by atoms with Gasteiger partial charge in [0.25, 0.3) is 0 Å². The van der Waals surface area contributed by atoms with E-state index in [0.717, 1.165) is 6.42 Å². The summed E-state index contributed by atoms with van der Waals surface area (Å²) in [5.74, 6) is 0.201. The molecule has 0 atom stereocenters. The Hall–Kier alpha value is -1.61. The van der Waals surface area contributed by atoms with Crippen molar-refractivity contribution in [3.05, 3.63) is 58.3 Å². The van der Waals surface area contributed by atoms with E-state index in [1.807, 2.05) is 36.7 Å². The number of carbonyl (C=O) groups is 1. The highest BCUT2D eigenvalue weighted by Gasteiger charge is 2.09. The second-order valence-electron chi connectivity index (χ2n) is 4.31. The third kappa shape index (κ3) is 3.70. The predicted molar refractivity (Wildman–Crippen MR) is 75.6 cm³/mol. The monoisotopic (exact) mass is 259 g/mol. The van der Waals surface area contributed by atoms with E-state index in [4.69, 9.17) is 0 Å². The number of hydrogen-bond acceptors (Lipinski definition) is 2. The first-order valence-corrected chi connectivity index (χ1v) is 6.94. The highest BCUT2D eigenvalue weighted by atomic mass is 32.1. The molecule has 0 bridgehead atoms. The molecule has 94 valence electrons. The first kappa shape index (κ1) is 12.8. The molecule has 2 aromatic rings. The zero-order valence-electron chi connectivity index (χ0n) is 10.5. The Morgan fingerprint density at radius 3 is 2.61 bits per heavy atom. The minimum atomic E-state index is 0.201. The highest BCUT2D eigenvalue weighted by Crippen LogP contribution is 2.12. The van der Waals surface area contributed by atoms with E-state index >= 15 is 0 Å². The van der Waals surface area contributed by atoms with Gasteiger partial charge in [-0.1, -0.05) is 36.4 Å². The number of nitrogens with zero attached hydrogens (tertiary/aromatic N) is 1. The van der Waals surface area contributed by atoms with Crippen LogP contribution in [0.2, 0.25) is 0 Å². The normalized spacial score (nSPS) is 10.3. The van der Waals surface area contributed by atoms with Gasteiger partial charge in [0.05, 0.1) is 6.54 Å². The maximum absolute atomic E-state index is 12.0. The van der Waals surface area contributed by atoms with Crippen LogP contribution in [0.4, 0.5) is 0 Å². The molecule has 0 N–H and O–H groups in total. The van der Waals surface area contributed by atoms with Crippen LogP contribution in [0.1, 0.15) is 16.9 Å². The fraction of sp³-hybridized carbons (Fsp3) is 0.267. The first-order valence-electron chi connectivity index (χ1n) is 6.06. The fourth-order valence-corrected chi connectivity index (χ4v) is 2.57. The van der Waals surface area contributed by atoms with Gasteiger partial charge in [0.1, 0.15) is 0 Å². The minimum Gasteiger partial charge on any atom is -0.341 e. The molecule has 2 rings (SSSR count). The molecule has 0 aliphatic heterocycles. The molecular formula is C15H17NOS. The molecule has 0 radical (unpaired) electrons. The molecule has 0 aliphatic carbocycles. The lowest BCUT2D eigenvalue weighted by atomic mass is 10.1. The maximum Gasteiger partial charge on any atom is 0.222 e. The number of hydrogen-bond donors (Lipinski definition) is 0. The van der Waals surface area contributed by atoms with Crippen LogP contribution in [0.15, 0.2) is 47.8 Å². The summed E-state index contributed by atoms with van der Waals surface area (Å²) in [4.78, 5) is 15.0. The van der Waals surface area contributed by atoms with Crippen molar-refractivity contribution in [2.45, 2.75) is 19.4 Å². The number of amides is 1. The molecule has 1 heterocycles. The van der Waals surface area contributed by atoms with Crippen LogP contribution in [0.25, 0.3) is 0 Å². The molecule has 1 amide bonds. The van der Waals surface area contributed by atoms with Gasteiger partial charge in [0.15, 0.2) is 0 Å². The minimum absolute atomic E-state index is 0.201. The third-order valence-corrected chi connectivity index (χ3v) is 3.73. The largest absolute Gasteiger partial charge is 0.341 e. The van der Waals surface area contributed by atoms with E-state index in [9.17, 15) is 4.79 Å². The Bertz CT molecular complexity index is 478. The van der Waals surface area contributed by atoms with Crippen molar-refractivity contribution in [3.8, 4) is 0 Å². The van der Waals surface area contributed by atoms with Crippen LogP contribution in [-0.4, -0.2) is 17.9 Å². The van der Waals surface area contributed by atoms with Crippen molar-refractivity contribution in [2.24, 2.45) is 0 Å². The number of thiophene rings is 1. The predicted octanol–water partition coefficient (Wildman–Crippen LogP) is 3.34. The fourth-order valence-electron chi connectivity index (χ4n) is 1.81. The molecule has 0 spiro atoms. The van der Waals surface area contributed by atoms with E-state index in [0.29, 0.717) is 13.0 Å². The van der Waals surface area contributed by atoms with Crippen molar-refractivity contribution >= 4 is 17.2 Å². The molecule has 1 aromatic carbocycles. The summed E-state index contributed by atoms with van der Waals surface area (Å²) >= 11 is 1.69. The van der Waals surface area contributed by atoms with Gasteiger partial charge in [-0.2, -0.15) is 0 Å². The van der Waals surface area contributed by atoms with E-state index in [-0.39, 0.29) is 5.91 Å². The van der Waals surface area contributed by atoms with Gasteiger partial charge in [-0.05, 0) is 23.4 Å². The summed E-state index contributed by atoms with van der Waals surface area (Å²) in [7, 11) is 1.87. The molecule has 0 saturated heterocycles. The Morgan fingerprint density at radius 1 is 1.17 bits per heavy atom. The molecule has 3 heteroatoms. The summed E-state index contributed by atoms with van der Waals surface area (Å²) in [5.41, 5.74) is 1.22. The van der Waals surface area contributed by atoms with E-state index in [1.54, 1.807) is 16.2 Å². The number of carbonyl (C=O) groups excluding carboxylic acids is 1. The Balaban J connectivity index is 1.81. The second-order valence-corrected chi connectivity index (χ2v) is 5.35. The maximum atomic E-state index is 12.0. The quantitative estimate of drug-likeness (QED) is 0.806. The van der Waals surface area contributed by atoms with E-state index in [1.165, 1.54) is 10.4 Å². The lowest BCUT2D eigenvalue weighted by molar-refractivity contribution is -0.130. The average molecular weight is 259 g/mol. The standard InChI is InChI=1S/C15H17NOS/c1-16(12-14-8-5-11-18-14)15(17)10-9-13-6-3-2-4-7-13/h2-8,11H,9-10,12H2,1H3. The van der Waals surface area contributed by atoms with Crippen LogP contribution in [0.5, 0.6) is 0 Å². The second kappa shape index (κ2) is 6.36. The van der Waals surface area contributed by atoms with Crippen LogP contribution >= 0.6 is 11.3 Å².